The maximum absolute atomic E-state index is 12.6. The lowest BCUT2D eigenvalue weighted by molar-refractivity contribution is -0.120. The number of carbonyl (C=O) groups excluding carboxylic acids is 1. The maximum atomic E-state index is 12.6. The zero-order chi connectivity index (χ0) is 22.4. The minimum atomic E-state index is -3.45. The summed E-state index contributed by atoms with van der Waals surface area (Å²) in [6.07, 6.45) is 1.80. The molecule has 0 radical (unpaired) electrons. The molecule has 1 saturated heterocycles. The van der Waals surface area contributed by atoms with Crippen molar-refractivity contribution < 1.29 is 17.9 Å². The molecule has 168 valence electrons. The highest BCUT2D eigenvalue weighted by Crippen LogP contribution is 2.22. The predicted molar refractivity (Wildman–Crippen MR) is 122 cm³/mol. The molecule has 1 atom stereocenters. The van der Waals surface area contributed by atoms with Gasteiger partial charge in [0.1, 0.15) is 12.4 Å². The molecule has 31 heavy (non-hydrogen) atoms. The number of ether oxygens (including phenoxy) is 1. The van der Waals surface area contributed by atoms with Crippen LogP contribution in [0.1, 0.15) is 25.3 Å². The van der Waals surface area contributed by atoms with Gasteiger partial charge in [0, 0.05) is 25.3 Å². The van der Waals surface area contributed by atoms with Crippen molar-refractivity contribution >= 4 is 21.6 Å². The lowest BCUT2D eigenvalue weighted by Gasteiger charge is -2.24. The Morgan fingerprint density at radius 3 is 2.32 bits per heavy atom. The molecule has 2 aromatic rings. The van der Waals surface area contributed by atoms with Gasteiger partial charge >= 0.3 is 0 Å². The van der Waals surface area contributed by atoms with Gasteiger partial charge in [-0.25, -0.2) is 8.42 Å². The fourth-order valence-corrected chi connectivity index (χ4v) is 4.89. The minimum Gasteiger partial charge on any atom is -0.492 e. The maximum Gasteiger partial charge on any atom is 0.243 e. The van der Waals surface area contributed by atoms with E-state index in [1.807, 2.05) is 50.1 Å². The number of nitrogens with one attached hydrogen (secondary N) is 1. The quantitative estimate of drug-likeness (QED) is 0.642. The van der Waals surface area contributed by atoms with Crippen molar-refractivity contribution in [3.05, 3.63) is 54.1 Å². The van der Waals surface area contributed by atoms with Crippen LogP contribution in [-0.2, 0) is 14.8 Å². The molecule has 0 bridgehead atoms. The molecular formula is C23H31N3O4S. The Hall–Kier alpha value is -2.42. The molecular weight excluding hydrogens is 414 g/mol. The molecule has 1 N–H and O–H groups in total. The molecule has 7 nitrogen and oxygen atoms in total. The summed E-state index contributed by atoms with van der Waals surface area (Å²) in [7, 11) is -1.58. The summed E-state index contributed by atoms with van der Waals surface area (Å²) in [6, 6.07) is 13.9. The summed E-state index contributed by atoms with van der Waals surface area (Å²) in [5.41, 5.74) is 1.75. The molecule has 1 unspecified atom stereocenters. The number of hydrogen-bond donors (Lipinski definition) is 1. The van der Waals surface area contributed by atoms with Gasteiger partial charge in [0.2, 0.25) is 15.9 Å². The van der Waals surface area contributed by atoms with Crippen LogP contribution in [0.4, 0.5) is 5.69 Å². The monoisotopic (exact) mass is 445 g/mol. The average Bonchev–Trinajstić information content (AvgIpc) is 3.31. The zero-order valence-electron chi connectivity index (χ0n) is 18.4. The Kier molecular flexibility index (Phi) is 7.69. The largest absolute Gasteiger partial charge is 0.492 e. The van der Waals surface area contributed by atoms with Crippen molar-refractivity contribution in [2.45, 2.75) is 37.6 Å². The molecule has 1 fully saturated rings. The van der Waals surface area contributed by atoms with Crippen LogP contribution in [0.15, 0.2) is 53.4 Å². The number of amides is 1. The number of rotatable bonds is 9. The molecule has 1 aliphatic rings. The Bertz CT molecular complexity index is 969. The number of nitrogens with zero attached hydrogens (tertiary/aromatic N) is 2. The van der Waals surface area contributed by atoms with E-state index in [0.29, 0.717) is 31.9 Å². The van der Waals surface area contributed by atoms with Crippen LogP contribution in [-0.4, -0.2) is 62.9 Å². The highest BCUT2D eigenvalue weighted by atomic mass is 32.2. The highest BCUT2D eigenvalue weighted by molar-refractivity contribution is 7.89. The molecule has 0 aliphatic carbocycles. The molecule has 2 aromatic carbocycles. The normalized spacial score (nSPS) is 15.7. The van der Waals surface area contributed by atoms with Crippen molar-refractivity contribution in [2.75, 3.05) is 38.6 Å². The van der Waals surface area contributed by atoms with Crippen LogP contribution in [0.5, 0.6) is 5.75 Å². The second kappa shape index (κ2) is 10.3. The van der Waals surface area contributed by atoms with E-state index >= 15 is 0 Å². The first-order valence-corrected chi connectivity index (χ1v) is 12.0. The Morgan fingerprint density at radius 1 is 1.10 bits per heavy atom. The van der Waals surface area contributed by atoms with E-state index in [0.717, 1.165) is 18.6 Å². The molecule has 8 heteroatoms. The van der Waals surface area contributed by atoms with Gasteiger partial charge in [0.15, 0.2) is 0 Å². The number of hydrogen-bond acceptors (Lipinski definition) is 5. The first-order chi connectivity index (χ1) is 14.8. The summed E-state index contributed by atoms with van der Waals surface area (Å²) in [4.78, 5) is 14.8. The van der Waals surface area contributed by atoms with Crippen LogP contribution in [0, 0.1) is 6.92 Å². The summed E-state index contributed by atoms with van der Waals surface area (Å²) in [5.74, 6) is 0.646. The van der Waals surface area contributed by atoms with E-state index in [2.05, 4.69) is 5.32 Å². The van der Waals surface area contributed by atoms with Crippen molar-refractivity contribution in [1.82, 2.24) is 9.21 Å². The van der Waals surface area contributed by atoms with Gasteiger partial charge in [0.25, 0.3) is 0 Å². The topological polar surface area (TPSA) is 79.0 Å². The van der Waals surface area contributed by atoms with Crippen LogP contribution in [0.2, 0.25) is 0 Å². The number of anilines is 1. The van der Waals surface area contributed by atoms with Crippen molar-refractivity contribution in [1.29, 1.82) is 0 Å². The smallest absolute Gasteiger partial charge is 0.243 e. The van der Waals surface area contributed by atoms with Crippen LogP contribution in [0.3, 0.4) is 0 Å². The number of likely N-dealkylation sites (N-methyl/N-ethyl adjacent to an activating group) is 1. The minimum absolute atomic E-state index is 0.159. The van der Waals surface area contributed by atoms with Gasteiger partial charge in [-0.2, -0.15) is 4.31 Å². The fraction of sp³-hybridized carbons (Fsp3) is 0.435. The first-order valence-electron chi connectivity index (χ1n) is 10.6. The van der Waals surface area contributed by atoms with Crippen LogP contribution in [0.25, 0.3) is 0 Å². The third kappa shape index (κ3) is 6.06. The Balaban J connectivity index is 1.49. The molecule has 1 aliphatic heterocycles. The second-order valence-corrected chi connectivity index (χ2v) is 9.88. The summed E-state index contributed by atoms with van der Waals surface area (Å²) < 4.78 is 32.5. The SMILES string of the molecule is Cc1ccc(OCCN(C)C(C)C(=O)Nc2ccc(S(=O)(=O)N3CCCC3)cc2)cc1. The van der Waals surface area contributed by atoms with Crippen LogP contribution >= 0.6 is 0 Å². The lowest BCUT2D eigenvalue weighted by Crippen LogP contribution is -2.41. The molecule has 1 amide bonds. The van der Waals surface area contributed by atoms with Gasteiger partial charge in [-0.3, -0.25) is 9.69 Å². The molecule has 0 spiro atoms. The summed E-state index contributed by atoms with van der Waals surface area (Å²) in [6.45, 7) is 6.05. The first kappa shape index (κ1) is 23.2. The lowest BCUT2D eigenvalue weighted by atomic mass is 10.2. The number of aryl methyl sites for hydroxylation is 1. The average molecular weight is 446 g/mol. The van der Waals surface area contributed by atoms with E-state index in [-0.39, 0.29) is 16.8 Å². The third-order valence-corrected chi connectivity index (χ3v) is 7.51. The second-order valence-electron chi connectivity index (χ2n) is 7.94. The molecule has 3 rings (SSSR count). The number of benzene rings is 2. The van der Waals surface area contributed by atoms with Crippen molar-refractivity contribution in [3.8, 4) is 5.75 Å². The van der Waals surface area contributed by atoms with Gasteiger partial charge in [-0.05, 0) is 70.1 Å². The Morgan fingerprint density at radius 2 is 1.71 bits per heavy atom. The van der Waals surface area contributed by atoms with E-state index in [4.69, 9.17) is 4.74 Å². The van der Waals surface area contributed by atoms with Crippen molar-refractivity contribution in [3.63, 3.8) is 0 Å². The van der Waals surface area contributed by atoms with E-state index < -0.39 is 10.0 Å². The van der Waals surface area contributed by atoms with E-state index in [1.54, 1.807) is 24.3 Å². The summed E-state index contributed by atoms with van der Waals surface area (Å²) in [5, 5.41) is 2.86. The summed E-state index contributed by atoms with van der Waals surface area (Å²) >= 11 is 0. The third-order valence-electron chi connectivity index (χ3n) is 5.60. The van der Waals surface area contributed by atoms with E-state index in [1.165, 1.54) is 9.87 Å². The van der Waals surface area contributed by atoms with Gasteiger partial charge in [-0.15, -0.1) is 0 Å². The van der Waals surface area contributed by atoms with Gasteiger partial charge in [0.05, 0.1) is 10.9 Å². The van der Waals surface area contributed by atoms with E-state index in [9.17, 15) is 13.2 Å². The molecule has 0 saturated carbocycles. The molecule has 0 aromatic heterocycles. The highest BCUT2D eigenvalue weighted by Gasteiger charge is 2.27. The number of sulfonamides is 1. The van der Waals surface area contributed by atoms with Gasteiger partial charge < -0.3 is 10.1 Å². The number of carbonyl (C=O) groups is 1. The van der Waals surface area contributed by atoms with Crippen LogP contribution < -0.4 is 10.1 Å². The zero-order valence-corrected chi connectivity index (χ0v) is 19.2. The van der Waals surface area contributed by atoms with Gasteiger partial charge in [-0.1, -0.05) is 17.7 Å². The Labute approximate surface area is 185 Å². The van der Waals surface area contributed by atoms with Crippen molar-refractivity contribution in [2.24, 2.45) is 0 Å². The standard InChI is InChI=1S/C23H31N3O4S/c1-18-6-10-21(11-7-18)30-17-16-25(3)19(2)23(27)24-20-8-12-22(13-9-20)31(28,29)26-14-4-5-15-26/h6-13,19H,4-5,14-17H2,1-3H3,(H,24,27). The predicted octanol–water partition coefficient (Wildman–Crippen LogP) is 3.12. The fourth-order valence-electron chi connectivity index (χ4n) is 3.37. The molecule has 1 heterocycles.